The van der Waals surface area contributed by atoms with Gasteiger partial charge in [-0.15, -0.1) is 0 Å². The number of nitrogens with two attached hydrogens (primary N) is 1. The van der Waals surface area contributed by atoms with E-state index in [1.807, 2.05) is 0 Å². The topological polar surface area (TPSA) is 93.2 Å². The molecule has 0 unspecified atom stereocenters. The van der Waals surface area contributed by atoms with Gasteiger partial charge < -0.3 is 4.74 Å². The third-order valence-electron chi connectivity index (χ3n) is 3.78. The molecule has 2 rings (SSSR count). The molecule has 5 nitrogen and oxygen atoms in total. The average molecular weight is 347 g/mol. The van der Waals surface area contributed by atoms with Crippen LogP contribution < -0.4 is 9.88 Å². The highest BCUT2D eigenvalue weighted by Crippen LogP contribution is 2.36. The maximum atomic E-state index is 14.6. The Hall–Kier alpha value is -1.36. The van der Waals surface area contributed by atoms with Gasteiger partial charge in [0.1, 0.15) is 18.0 Å². The van der Waals surface area contributed by atoms with Crippen LogP contribution in [-0.2, 0) is 10.0 Å². The van der Waals surface area contributed by atoms with Gasteiger partial charge in [-0.25, -0.2) is 17.9 Å². The molecule has 0 aliphatic heterocycles. The van der Waals surface area contributed by atoms with Crippen molar-refractivity contribution in [2.45, 2.75) is 36.2 Å². The van der Waals surface area contributed by atoms with Crippen LogP contribution in [0.3, 0.4) is 0 Å². The molecule has 22 heavy (non-hydrogen) atoms. The Morgan fingerprint density at radius 2 is 2.09 bits per heavy atom. The maximum Gasteiger partial charge on any atom is 0.238 e. The summed E-state index contributed by atoms with van der Waals surface area (Å²) in [5.41, 5.74) is -1.49. The number of primary sulfonamides is 1. The van der Waals surface area contributed by atoms with Gasteiger partial charge in [-0.2, -0.15) is 5.26 Å². The Balaban J connectivity index is 2.02. The van der Waals surface area contributed by atoms with E-state index in [9.17, 15) is 12.8 Å². The molecule has 1 aliphatic rings. The first-order valence-corrected chi connectivity index (χ1v) is 8.70. The average Bonchev–Trinajstić information content (AvgIpc) is 2.46. The van der Waals surface area contributed by atoms with Gasteiger partial charge in [-0.05, 0) is 43.9 Å². The molecule has 0 saturated heterocycles. The van der Waals surface area contributed by atoms with E-state index in [0.29, 0.717) is 12.8 Å². The molecule has 0 radical (unpaired) electrons. The standard InChI is InChI=1S/C14H16ClFN2O3S/c15-12-7-11(22(18,19)20)1-2-13(12)21-9-14(16)5-3-10(8-17)4-6-14/h1-2,7,10H,3-6,9H2,(H2,18,19,20)/t10-,14-. The monoisotopic (exact) mass is 346 g/mol. The van der Waals surface area contributed by atoms with Crippen LogP contribution in [0.1, 0.15) is 25.7 Å². The van der Waals surface area contributed by atoms with Gasteiger partial charge in [-0.3, -0.25) is 0 Å². The van der Waals surface area contributed by atoms with Crippen molar-refractivity contribution in [1.82, 2.24) is 0 Å². The van der Waals surface area contributed by atoms with Gasteiger partial charge in [-0.1, -0.05) is 11.6 Å². The number of benzene rings is 1. The fraction of sp³-hybridized carbons (Fsp3) is 0.500. The SMILES string of the molecule is N#C[C@H]1CC[C@@](F)(COc2ccc(S(N)(=O)=O)cc2Cl)CC1. The van der Waals surface area contributed by atoms with Crippen LogP contribution in [0.25, 0.3) is 0 Å². The van der Waals surface area contributed by atoms with E-state index < -0.39 is 15.7 Å². The summed E-state index contributed by atoms with van der Waals surface area (Å²) in [6, 6.07) is 5.93. The fourth-order valence-electron chi connectivity index (χ4n) is 2.39. The second kappa shape index (κ2) is 6.41. The molecule has 0 heterocycles. The van der Waals surface area contributed by atoms with E-state index in [1.54, 1.807) is 0 Å². The molecule has 8 heteroatoms. The Morgan fingerprint density at radius 3 is 2.59 bits per heavy atom. The van der Waals surface area contributed by atoms with Crippen molar-refractivity contribution >= 4 is 21.6 Å². The van der Waals surface area contributed by atoms with Crippen molar-refractivity contribution < 1.29 is 17.5 Å². The van der Waals surface area contributed by atoms with Crippen molar-refractivity contribution in [1.29, 1.82) is 5.26 Å². The number of hydrogen-bond acceptors (Lipinski definition) is 4. The molecular weight excluding hydrogens is 331 g/mol. The highest BCUT2D eigenvalue weighted by molar-refractivity contribution is 7.89. The normalized spacial score (nSPS) is 25.5. The highest BCUT2D eigenvalue weighted by atomic mass is 35.5. The summed E-state index contributed by atoms with van der Waals surface area (Å²) in [6.45, 7) is -0.181. The third-order valence-corrected chi connectivity index (χ3v) is 4.99. The molecular formula is C14H16ClFN2O3S. The van der Waals surface area contributed by atoms with Crippen molar-refractivity contribution in [3.63, 3.8) is 0 Å². The zero-order valence-corrected chi connectivity index (χ0v) is 13.3. The molecule has 0 aromatic heterocycles. The largest absolute Gasteiger partial charge is 0.489 e. The molecule has 1 aliphatic carbocycles. The molecule has 1 saturated carbocycles. The third kappa shape index (κ3) is 4.09. The minimum atomic E-state index is -3.84. The first-order valence-electron chi connectivity index (χ1n) is 6.77. The van der Waals surface area contributed by atoms with Gasteiger partial charge in [0.25, 0.3) is 0 Å². The van der Waals surface area contributed by atoms with Crippen molar-refractivity contribution in [2.75, 3.05) is 6.61 Å². The predicted molar refractivity (Wildman–Crippen MR) is 79.7 cm³/mol. The summed E-state index contributed by atoms with van der Waals surface area (Å²) in [5.74, 6) is 0.106. The smallest absolute Gasteiger partial charge is 0.238 e. The molecule has 0 amide bonds. The van der Waals surface area contributed by atoms with Crippen LogP contribution in [0, 0.1) is 17.2 Å². The number of halogens is 2. The Morgan fingerprint density at radius 1 is 1.45 bits per heavy atom. The molecule has 1 fully saturated rings. The summed E-state index contributed by atoms with van der Waals surface area (Å²) < 4.78 is 42.4. The van der Waals surface area contributed by atoms with E-state index in [1.165, 1.54) is 18.2 Å². The van der Waals surface area contributed by atoms with Crippen LogP contribution in [0.15, 0.2) is 23.1 Å². The molecule has 1 aromatic rings. The number of nitriles is 1. The highest BCUT2D eigenvalue weighted by Gasteiger charge is 2.36. The van der Waals surface area contributed by atoms with E-state index >= 15 is 0 Å². The molecule has 120 valence electrons. The summed E-state index contributed by atoms with van der Waals surface area (Å²) in [6.07, 6.45) is 1.54. The number of alkyl halides is 1. The Bertz CT molecular complexity index is 695. The van der Waals surface area contributed by atoms with E-state index in [4.69, 9.17) is 26.7 Å². The van der Waals surface area contributed by atoms with Gasteiger partial charge >= 0.3 is 0 Å². The number of rotatable bonds is 4. The predicted octanol–water partition coefficient (Wildman–Crippen LogP) is 2.79. The second-order valence-corrected chi connectivity index (χ2v) is 7.45. The quantitative estimate of drug-likeness (QED) is 0.907. The van der Waals surface area contributed by atoms with Crippen molar-refractivity contribution in [3.05, 3.63) is 23.2 Å². The minimum absolute atomic E-state index is 0.0563. The van der Waals surface area contributed by atoms with Crippen LogP contribution in [0.5, 0.6) is 5.75 Å². The van der Waals surface area contributed by atoms with Gasteiger partial charge in [0.2, 0.25) is 10.0 Å². The lowest BCUT2D eigenvalue weighted by atomic mass is 9.81. The number of hydrogen-bond donors (Lipinski definition) is 1. The first kappa shape index (κ1) is 17.0. The Labute approximate surface area is 133 Å². The van der Waals surface area contributed by atoms with Crippen molar-refractivity contribution in [2.24, 2.45) is 11.1 Å². The Kier molecular flexibility index (Phi) is 4.95. The van der Waals surface area contributed by atoms with Crippen LogP contribution >= 0.6 is 11.6 Å². The second-order valence-electron chi connectivity index (χ2n) is 5.48. The van der Waals surface area contributed by atoms with Crippen LogP contribution in [-0.4, -0.2) is 20.7 Å². The van der Waals surface area contributed by atoms with E-state index in [-0.39, 0.29) is 41.0 Å². The first-order chi connectivity index (χ1) is 10.2. The zero-order valence-electron chi connectivity index (χ0n) is 11.8. The van der Waals surface area contributed by atoms with Gasteiger partial charge in [0, 0.05) is 5.92 Å². The van der Waals surface area contributed by atoms with E-state index in [0.717, 1.165) is 0 Å². The fourth-order valence-corrected chi connectivity index (χ4v) is 3.23. The molecule has 0 bridgehead atoms. The number of ether oxygens (including phenoxy) is 1. The van der Waals surface area contributed by atoms with E-state index in [2.05, 4.69) is 6.07 Å². The minimum Gasteiger partial charge on any atom is -0.489 e. The molecule has 1 aromatic carbocycles. The maximum absolute atomic E-state index is 14.6. The van der Waals surface area contributed by atoms with Crippen LogP contribution in [0.2, 0.25) is 5.02 Å². The molecule has 0 spiro atoms. The lowest BCUT2D eigenvalue weighted by molar-refractivity contribution is 0.0395. The molecule has 0 atom stereocenters. The summed E-state index contributed by atoms with van der Waals surface area (Å²) in [4.78, 5) is -0.130. The molecule has 2 N–H and O–H groups in total. The lowest BCUT2D eigenvalue weighted by Crippen LogP contribution is -2.35. The summed E-state index contributed by atoms with van der Waals surface area (Å²) >= 11 is 5.93. The number of nitrogens with zero attached hydrogens (tertiary/aromatic N) is 1. The summed E-state index contributed by atoms with van der Waals surface area (Å²) in [5, 5.41) is 13.9. The summed E-state index contributed by atoms with van der Waals surface area (Å²) in [7, 11) is -3.84. The lowest BCUT2D eigenvalue weighted by Gasteiger charge is -2.31. The van der Waals surface area contributed by atoms with Crippen LogP contribution in [0.4, 0.5) is 4.39 Å². The number of sulfonamides is 1. The zero-order chi connectivity index (χ0) is 16.4. The van der Waals surface area contributed by atoms with Gasteiger partial charge in [0.05, 0.1) is 16.0 Å². The van der Waals surface area contributed by atoms with Crippen molar-refractivity contribution in [3.8, 4) is 11.8 Å². The van der Waals surface area contributed by atoms with Gasteiger partial charge in [0.15, 0.2) is 0 Å².